The Hall–Kier alpha value is 1.77. The molecule has 6 nitrogen and oxygen atoms in total. The van der Waals surface area contributed by atoms with E-state index in [9.17, 15) is 0 Å². The molecule has 2 rings (SSSR count). The van der Waals surface area contributed by atoms with Gasteiger partial charge in [-0.15, -0.1) is 0 Å². The molecule has 0 saturated carbocycles. The van der Waals surface area contributed by atoms with Crippen LogP contribution in [-0.4, -0.2) is 102 Å². The number of nitrogens with zero attached hydrogens (tertiary/aromatic N) is 2. The van der Waals surface area contributed by atoms with Gasteiger partial charge in [-0.05, 0) is 131 Å². The minimum absolute atomic E-state index is 0. The summed E-state index contributed by atoms with van der Waals surface area (Å²) < 4.78 is 0. The van der Waals surface area contributed by atoms with Crippen LogP contribution in [0.5, 0.6) is 0 Å². The molecule has 176 valence electrons. The molecular formula is C20H46Cl2N6Ti2+2. The molecule has 0 atom stereocenters. The normalized spacial score (nSPS) is 21.4. The number of nitrogens with one attached hydrogen (secondary N) is 4. The average Bonchev–Trinajstić information content (AvgIpc) is 2.61. The Morgan fingerprint density at radius 1 is 0.400 bits per heavy atom. The van der Waals surface area contributed by atoms with Gasteiger partial charge in [-0.25, -0.2) is 0 Å². The predicted octanol–water partition coefficient (Wildman–Crippen LogP) is -5.43. The van der Waals surface area contributed by atoms with Gasteiger partial charge in [0.25, 0.3) is 0 Å². The summed E-state index contributed by atoms with van der Waals surface area (Å²) in [6, 6.07) is 0. The van der Waals surface area contributed by atoms with Crippen molar-refractivity contribution in [2.75, 3.05) is 92.6 Å². The van der Waals surface area contributed by atoms with E-state index in [2.05, 4.69) is 45.2 Å². The number of halogens is 2. The fourth-order valence-electron chi connectivity index (χ4n) is 3.30. The van der Waals surface area contributed by atoms with Crippen LogP contribution in [0.25, 0.3) is 0 Å². The van der Waals surface area contributed by atoms with Gasteiger partial charge in [0.2, 0.25) is 0 Å². The van der Waals surface area contributed by atoms with Crippen LogP contribution >= 0.6 is 0 Å². The molecule has 0 radical (unpaired) electrons. The van der Waals surface area contributed by atoms with Gasteiger partial charge in [-0.1, -0.05) is 0 Å². The van der Waals surface area contributed by atoms with Crippen molar-refractivity contribution in [1.82, 2.24) is 31.1 Å². The molecule has 0 unspecified atom stereocenters. The van der Waals surface area contributed by atoms with Gasteiger partial charge in [0, 0.05) is 0 Å². The Bertz CT molecular complexity index is 258. The number of hydrogen-bond acceptors (Lipinski definition) is 6. The van der Waals surface area contributed by atoms with E-state index < -0.39 is 0 Å². The molecule has 2 heterocycles. The maximum atomic E-state index is 3.46. The summed E-state index contributed by atoms with van der Waals surface area (Å²) in [5.74, 6) is 0. The van der Waals surface area contributed by atoms with Gasteiger partial charge in [0.1, 0.15) is 0 Å². The molecule has 0 amide bonds. The monoisotopic (exact) mass is 536 g/mol. The van der Waals surface area contributed by atoms with Crippen molar-refractivity contribution in [1.29, 1.82) is 0 Å². The van der Waals surface area contributed by atoms with Crippen LogP contribution in [0.1, 0.15) is 38.5 Å². The zero-order valence-electron chi connectivity index (χ0n) is 19.4. The van der Waals surface area contributed by atoms with Gasteiger partial charge in [-0.2, -0.15) is 0 Å². The summed E-state index contributed by atoms with van der Waals surface area (Å²) in [6.45, 7) is 14.3. The van der Waals surface area contributed by atoms with Crippen LogP contribution in [-0.2, 0) is 43.4 Å². The first-order valence-corrected chi connectivity index (χ1v) is 11.0. The van der Waals surface area contributed by atoms with Crippen LogP contribution in [0.2, 0.25) is 0 Å². The average molecular weight is 537 g/mol. The molecule has 0 spiro atoms. The summed E-state index contributed by atoms with van der Waals surface area (Å²) in [5.41, 5.74) is 0. The third-order valence-corrected chi connectivity index (χ3v) is 4.99. The molecule has 2 fully saturated rings. The molecule has 0 aliphatic carbocycles. The van der Waals surface area contributed by atoms with E-state index in [0.29, 0.717) is 0 Å². The third-order valence-electron chi connectivity index (χ3n) is 4.99. The zero-order valence-corrected chi connectivity index (χ0v) is 24.0. The van der Waals surface area contributed by atoms with Gasteiger partial charge in [0.15, 0.2) is 0 Å². The Balaban J connectivity index is -0.000000199. The van der Waals surface area contributed by atoms with Crippen molar-refractivity contribution in [3.05, 3.63) is 0 Å². The molecule has 2 aliphatic heterocycles. The Morgan fingerprint density at radius 3 is 0.833 bits per heavy atom. The summed E-state index contributed by atoms with van der Waals surface area (Å²) in [5, 5.41) is 13.8. The van der Waals surface area contributed by atoms with E-state index in [1.165, 1.54) is 90.9 Å². The summed E-state index contributed by atoms with van der Waals surface area (Å²) in [6.07, 6.45) is 7.65. The molecule has 30 heavy (non-hydrogen) atoms. The third kappa shape index (κ3) is 27.8. The predicted molar refractivity (Wildman–Crippen MR) is 114 cm³/mol. The van der Waals surface area contributed by atoms with E-state index in [1.807, 2.05) is 0 Å². The van der Waals surface area contributed by atoms with Crippen LogP contribution in [0.3, 0.4) is 0 Å². The van der Waals surface area contributed by atoms with E-state index >= 15 is 0 Å². The summed E-state index contributed by atoms with van der Waals surface area (Å²) >= 11 is 0. The first-order valence-electron chi connectivity index (χ1n) is 11.0. The van der Waals surface area contributed by atoms with Crippen molar-refractivity contribution < 1.29 is 68.2 Å². The second-order valence-corrected chi connectivity index (χ2v) is 7.73. The van der Waals surface area contributed by atoms with E-state index in [1.54, 1.807) is 0 Å². The van der Waals surface area contributed by atoms with Crippen LogP contribution < -0.4 is 46.1 Å². The smallest absolute Gasteiger partial charge is 1.00 e. The largest absolute Gasteiger partial charge is 2.00 e. The number of rotatable bonds is 0. The zero-order chi connectivity index (χ0) is 18.7. The maximum absolute atomic E-state index is 3.46. The van der Waals surface area contributed by atoms with Gasteiger partial charge >= 0.3 is 43.4 Å². The van der Waals surface area contributed by atoms with Gasteiger partial charge < -0.3 is 55.9 Å². The Kier molecular flexibility index (Phi) is 40.0. The topological polar surface area (TPSA) is 54.6 Å². The van der Waals surface area contributed by atoms with E-state index in [4.69, 9.17) is 0 Å². The molecule has 0 aromatic rings. The van der Waals surface area contributed by atoms with Crippen molar-refractivity contribution in [3.63, 3.8) is 0 Å². The molecular weight excluding hydrogens is 491 g/mol. The quantitative estimate of drug-likeness (QED) is 0.232. The maximum Gasteiger partial charge on any atom is 2.00 e. The first kappa shape index (κ1) is 39.0. The van der Waals surface area contributed by atoms with Crippen molar-refractivity contribution in [2.45, 2.75) is 38.5 Å². The molecule has 0 aromatic carbocycles. The van der Waals surface area contributed by atoms with Crippen LogP contribution in [0.15, 0.2) is 0 Å². The summed E-state index contributed by atoms with van der Waals surface area (Å²) in [7, 11) is 4.43. The summed E-state index contributed by atoms with van der Waals surface area (Å²) in [4.78, 5) is 4.84. The molecule has 2 aliphatic rings. The molecule has 4 N–H and O–H groups in total. The van der Waals surface area contributed by atoms with Crippen molar-refractivity contribution >= 4 is 0 Å². The second-order valence-electron chi connectivity index (χ2n) is 7.73. The van der Waals surface area contributed by atoms with Crippen molar-refractivity contribution in [3.8, 4) is 0 Å². The minimum Gasteiger partial charge on any atom is -1.00 e. The SMILES string of the molecule is CN1CCCNCCCNCCC1.CN1CCCNCCCNCCC1.[Cl-].[Cl-].[Ti+2].[Ti+2]. The molecule has 10 heteroatoms. The van der Waals surface area contributed by atoms with Crippen molar-refractivity contribution in [2.24, 2.45) is 0 Å². The van der Waals surface area contributed by atoms with Crippen LogP contribution in [0, 0.1) is 0 Å². The number of hydrogen-bond donors (Lipinski definition) is 4. The molecule has 0 bridgehead atoms. The fraction of sp³-hybridized carbons (Fsp3) is 1.00. The molecule has 0 aromatic heterocycles. The van der Waals surface area contributed by atoms with Gasteiger partial charge in [0.05, 0.1) is 0 Å². The standard InChI is InChI=1S/2C10H23N3.2ClH.2Ti/c2*1-13-9-3-7-11-5-2-6-12-8-4-10-13;;;;/h2*11-12H,2-10H2,1H3;2*1H;;/q;;;;2*+2/p-2. The van der Waals surface area contributed by atoms with E-state index in [0.717, 1.165) is 26.2 Å². The first-order chi connectivity index (χ1) is 12.8. The Labute approximate surface area is 229 Å². The Morgan fingerprint density at radius 2 is 0.600 bits per heavy atom. The molecule has 2 saturated heterocycles. The fourth-order valence-corrected chi connectivity index (χ4v) is 3.30. The van der Waals surface area contributed by atoms with Gasteiger partial charge in [-0.3, -0.25) is 0 Å². The second kappa shape index (κ2) is 30.8. The van der Waals surface area contributed by atoms with E-state index in [-0.39, 0.29) is 68.2 Å². The van der Waals surface area contributed by atoms with Crippen LogP contribution in [0.4, 0.5) is 0 Å². The minimum atomic E-state index is 0.